The van der Waals surface area contributed by atoms with Crippen molar-refractivity contribution in [1.82, 2.24) is 0 Å². The number of hydrogen-bond acceptors (Lipinski definition) is 2. The molecule has 0 aliphatic rings. The van der Waals surface area contributed by atoms with Gasteiger partial charge in [0.15, 0.2) is 0 Å². The van der Waals surface area contributed by atoms with Gasteiger partial charge < -0.3 is 9.47 Å². The van der Waals surface area contributed by atoms with Crippen molar-refractivity contribution in [3.63, 3.8) is 0 Å². The first-order valence-electron chi connectivity index (χ1n) is 5.56. The van der Waals surface area contributed by atoms with Crippen LogP contribution in [0.15, 0.2) is 18.2 Å². The van der Waals surface area contributed by atoms with E-state index in [0.717, 1.165) is 17.9 Å². The summed E-state index contributed by atoms with van der Waals surface area (Å²) in [5.74, 6) is 1.81. The number of hydrogen-bond donors (Lipinski definition) is 0. The summed E-state index contributed by atoms with van der Waals surface area (Å²) in [4.78, 5) is 0.499. The van der Waals surface area contributed by atoms with E-state index in [9.17, 15) is 0 Å². The molecule has 0 saturated carbocycles. The Morgan fingerprint density at radius 3 is 2.56 bits per heavy atom. The third-order valence-corrected chi connectivity index (χ3v) is 3.31. The number of rotatable bonds is 6. The fourth-order valence-corrected chi connectivity index (χ4v) is 2.50. The van der Waals surface area contributed by atoms with Crippen molar-refractivity contribution < 1.29 is 9.47 Å². The van der Waals surface area contributed by atoms with Gasteiger partial charge in [-0.25, -0.2) is 0 Å². The zero-order valence-corrected chi connectivity index (χ0v) is 11.7. The standard InChI is InChI=1S/C13H19BrO2/c1-4-5-11(14)8-10-9-12(15-2)6-7-13(10)16-3/h6-7,9,11H,4-5,8H2,1-3H3. The summed E-state index contributed by atoms with van der Waals surface area (Å²) < 4.78 is 10.6. The van der Waals surface area contributed by atoms with Crippen LogP contribution in [0.25, 0.3) is 0 Å². The highest BCUT2D eigenvalue weighted by molar-refractivity contribution is 9.09. The van der Waals surface area contributed by atoms with Crippen molar-refractivity contribution in [2.75, 3.05) is 14.2 Å². The maximum Gasteiger partial charge on any atom is 0.122 e. The van der Waals surface area contributed by atoms with E-state index in [-0.39, 0.29) is 0 Å². The molecule has 16 heavy (non-hydrogen) atoms. The van der Waals surface area contributed by atoms with E-state index in [2.05, 4.69) is 22.9 Å². The SMILES string of the molecule is CCCC(Br)Cc1cc(OC)ccc1OC. The summed E-state index contributed by atoms with van der Waals surface area (Å²) >= 11 is 3.69. The Kier molecular flexibility index (Phi) is 5.67. The van der Waals surface area contributed by atoms with Gasteiger partial charge in [0, 0.05) is 4.83 Å². The molecule has 0 heterocycles. The first kappa shape index (κ1) is 13.4. The molecule has 1 atom stereocenters. The van der Waals surface area contributed by atoms with Crippen LogP contribution in [0, 0.1) is 0 Å². The molecular weight excluding hydrogens is 268 g/mol. The topological polar surface area (TPSA) is 18.5 Å². The number of alkyl halides is 1. The molecule has 1 unspecified atom stereocenters. The zero-order valence-electron chi connectivity index (χ0n) is 10.1. The lowest BCUT2D eigenvalue weighted by Gasteiger charge is -2.13. The van der Waals surface area contributed by atoms with Crippen LogP contribution in [0.4, 0.5) is 0 Å². The lowest BCUT2D eigenvalue weighted by atomic mass is 10.1. The van der Waals surface area contributed by atoms with Crippen LogP contribution in [0.3, 0.4) is 0 Å². The van der Waals surface area contributed by atoms with Gasteiger partial charge >= 0.3 is 0 Å². The molecule has 1 aromatic rings. The number of benzene rings is 1. The normalized spacial score (nSPS) is 12.2. The molecule has 0 radical (unpaired) electrons. The second kappa shape index (κ2) is 6.79. The van der Waals surface area contributed by atoms with Gasteiger partial charge in [-0.2, -0.15) is 0 Å². The van der Waals surface area contributed by atoms with Crippen molar-refractivity contribution in [2.24, 2.45) is 0 Å². The molecule has 0 N–H and O–H groups in total. The van der Waals surface area contributed by atoms with Gasteiger partial charge in [0.25, 0.3) is 0 Å². The largest absolute Gasteiger partial charge is 0.497 e. The minimum atomic E-state index is 0.499. The molecule has 0 fully saturated rings. The number of halogens is 1. The van der Waals surface area contributed by atoms with Crippen LogP contribution in [0.5, 0.6) is 11.5 Å². The second-order valence-electron chi connectivity index (χ2n) is 3.77. The van der Waals surface area contributed by atoms with Crippen molar-refractivity contribution in [3.05, 3.63) is 23.8 Å². The predicted octanol–water partition coefficient (Wildman–Crippen LogP) is 3.81. The summed E-state index contributed by atoms with van der Waals surface area (Å²) in [7, 11) is 3.39. The van der Waals surface area contributed by atoms with E-state index < -0.39 is 0 Å². The fraction of sp³-hybridized carbons (Fsp3) is 0.538. The quantitative estimate of drug-likeness (QED) is 0.741. The van der Waals surface area contributed by atoms with E-state index in [1.165, 1.54) is 18.4 Å². The van der Waals surface area contributed by atoms with Gasteiger partial charge in [-0.1, -0.05) is 29.3 Å². The van der Waals surface area contributed by atoms with Crippen molar-refractivity contribution in [3.8, 4) is 11.5 Å². The smallest absolute Gasteiger partial charge is 0.122 e. The Morgan fingerprint density at radius 2 is 2.00 bits per heavy atom. The Morgan fingerprint density at radius 1 is 1.25 bits per heavy atom. The van der Waals surface area contributed by atoms with Crippen LogP contribution < -0.4 is 9.47 Å². The van der Waals surface area contributed by atoms with Crippen LogP contribution in [0.2, 0.25) is 0 Å². The van der Waals surface area contributed by atoms with Crippen LogP contribution in [-0.4, -0.2) is 19.0 Å². The molecule has 0 aliphatic heterocycles. The van der Waals surface area contributed by atoms with Gasteiger partial charge in [0.2, 0.25) is 0 Å². The first-order chi connectivity index (χ1) is 7.71. The monoisotopic (exact) mass is 286 g/mol. The lowest BCUT2D eigenvalue weighted by Crippen LogP contribution is -2.04. The fourth-order valence-electron chi connectivity index (χ4n) is 1.70. The highest BCUT2D eigenvalue weighted by Gasteiger charge is 2.10. The molecule has 0 aromatic heterocycles. The summed E-state index contributed by atoms with van der Waals surface area (Å²) in [6, 6.07) is 5.92. The van der Waals surface area contributed by atoms with Crippen molar-refractivity contribution in [2.45, 2.75) is 31.0 Å². The third-order valence-electron chi connectivity index (χ3n) is 2.53. The third kappa shape index (κ3) is 3.71. The van der Waals surface area contributed by atoms with Gasteiger partial charge in [-0.15, -0.1) is 0 Å². The predicted molar refractivity (Wildman–Crippen MR) is 70.9 cm³/mol. The van der Waals surface area contributed by atoms with Crippen molar-refractivity contribution in [1.29, 1.82) is 0 Å². The van der Waals surface area contributed by atoms with E-state index in [0.29, 0.717) is 4.83 Å². The molecule has 0 saturated heterocycles. The highest BCUT2D eigenvalue weighted by atomic mass is 79.9. The number of methoxy groups -OCH3 is 2. The average Bonchev–Trinajstić information content (AvgIpc) is 2.29. The van der Waals surface area contributed by atoms with E-state index >= 15 is 0 Å². The Labute approximate surface area is 106 Å². The van der Waals surface area contributed by atoms with Crippen LogP contribution in [0.1, 0.15) is 25.3 Å². The summed E-state index contributed by atoms with van der Waals surface area (Å²) in [6.07, 6.45) is 3.32. The minimum Gasteiger partial charge on any atom is -0.497 e. The maximum atomic E-state index is 5.35. The van der Waals surface area contributed by atoms with Crippen molar-refractivity contribution >= 4 is 15.9 Å². The molecule has 0 bridgehead atoms. The summed E-state index contributed by atoms with van der Waals surface area (Å²) in [5.41, 5.74) is 1.19. The number of ether oxygens (including phenoxy) is 2. The maximum absolute atomic E-state index is 5.35. The molecule has 90 valence electrons. The van der Waals surface area contributed by atoms with E-state index in [4.69, 9.17) is 9.47 Å². The van der Waals surface area contributed by atoms with E-state index in [1.807, 2.05) is 18.2 Å². The van der Waals surface area contributed by atoms with Gasteiger partial charge in [0.1, 0.15) is 11.5 Å². The highest BCUT2D eigenvalue weighted by Crippen LogP contribution is 2.27. The second-order valence-corrected chi connectivity index (χ2v) is 5.06. The molecular formula is C13H19BrO2. The average molecular weight is 287 g/mol. The minimum absolute atomic E-state index is 0.499. The molecule has 1 rings (SSSR count). The lowest BCUT2D eigenvalue weighted by molar-refractivity contribution is 0.398. The zero-order chi connectivity index (χ0) is 12.0. The Hall–Kier alpha value is -0.700. The van der Waals surface area contributed by atoms with Crippen LogP contribution >= 0.6 is 15.9 Å². The van der Waals surface area contributed by atoms with E-state index in [1.54, 1.807) is 14.2 Å². The molecule has 0 amide bonds. The Bertz CT molecular complexity index is 326. The Balaban J connectivity index is 2.82. The van der Waals surface area contributed by atoms with Gasteiger partial charge in [-0.05, 0) is 36.6 Å². The van der Waals surface area contributed by atoms with Gasteiger partial charge in [-0.3, -0.25) is 0 Å². The van der Waals surface area contributed by atoms with Gasteiger partial charge in [0.05, 0.1) is 14.2 Å². The van der Waals surface area contributed by atoms with Crippen LogP contribution in [-0.2, 0) is 6.42 Å². The molecule has 1 aromatic carbocycles. The summed E-state index contributed by atoms with van der Waals surface area (Å²) in [5, 5.41) is 0. The molecule has 2 nitrogen and oxygen atoms in total. The molecule has 3 heteroatoms. The molecule has 0 spiro atoms. The summed E-state index contributed by atoms with van der Waals surface area (Å²) in [6.45, 7) is 2.19. The molecule has 0 aliphatic carbocycles. The first-order valence-corrected chi connectivity index (χ1v) is 6.47.